The normalized spacial score (nSPS) is 11.8. The van der Waals surface area contributed by atoms with Crippen molar-refractivity contribution in [1.29, 1.82) is 0 Å². The lowest BCUT2D eigenvalue weighted by Gasteiger charge is -2.05. The predicted molar refractivity (Wildman–Crippen MR) is 86.3 cm³/mol. The highest BCUT2D eigenvalue weighted by Crippen LogP contribution is 2.18. The fourth-order valence-electron chi connectivity index (χ4n) is 1.56. The summed E-state index contributed by atoms with van der Waals surface area (Å²) in [5.74, 6) is 0.668. The topological polar surface area (TPSA) is 28.0 Å². The molecule has 0 bridgehead atoms. The molecule has 0 radical (unpaired) electrons. The third-order valence-electron chi connectivity index (χ3n) is 2.50. The van der Waals surface area contributed by atoms with Crippen LogP contribution in [0.4, 0.5) is 5.69 Å². The molecule has 3 nitrogen and oxygen atoms in total. The molecule has 0 aromatic heterocycles. The molecule has 0 fully saturated rings. The zero-order valence-electron chi connectivity index (χ0n) is 11.5. The van der Waals surface area contributed by atoms with Crippen LogP contribution in [0.1, 0.15) is 5.56 Å². The van der Waals surface area contributed by atoms with E-state index in [0.29, 0.717) is 10.9 Å². The fourth-order valence-corrected chi connectivity index (χ4v) is 1.69. The van der Waals surface area contributed by atoms with Crippen LogP contribution in [0.5, 0.6) is 0 Å². The number of hydrogen-bond donors (Lipinski definition) is 0. The Morgan fingerprint density at radius 1 is 1.00 bits per heavy atom. The van der Waals surface area contributed by atoms with Crippen LogP contribution < -0.4 is 0 Å². The van der Waals surface area contributed by atoms with Crippen LogP contribution >= 0.6 is 11.6 Å². The van der Waals surface area contributed by atoms with Crippen molar-refractivity contribution >= 4 is 29.5 Å². The maximum atomic E-state index is 5.88. The first-order valence-corrected chi connectivity index (χ1v) is 6.63. The average Bonchev–Trinajstić information content (AvgIpc) is 2.46. The van der Waals surface area contributed by atoms with Gasteiger partial charge in [0.05, 0.1) is 12.0 Å². The van der Waals surface area contributed by atoms with Gasteiger partial charge in [-0.25, -0.2) is 9.98 Å². The van der Waals surface area contributed by atoms with E-state index in [1.165, 1.54) is 0 Å². The van der Waals surface area contributed by atoms with Crippen molar-refractivity contribution in [2.75, 3.05) is 14.1 Å². The highest BCUT2D eigenvalue weighted by Gasteiger charge is 2.01. The molecule has 0 saturated carbocycles. The van der Waals surface area contributed by atoms with Gasteiger partial charge in [0.25, 0.3) is 0 Å². The van der Waals surface area contributed by atoms with Crippen LogP contribution in [0.25, 0.3) is 0 Å². The molecular formula is C16H16ClN3. The summed E-state index contributed by atoms with van der Waals surface area (Å²) in [4.78, 5) is 10.9. The van der Waals surface area contributed by atoms with Crippen LogP contribution in [-0.2, 0) is 0 Å². The van der Waals surface area contributed by atoms with Crippen LogP contribution in [0, 0.1) is 0 Å². The Hall–Kier alpha value is -2.13. The van der Waals surface area contributed by atoms with Crippen LogP contribution in [0.15, 0.2) is 64.6 Å². The molecule has 0 atom stereocenters. The van der Waals surface area contributed by atoms with E-state index in [1.807, 2.05) is 73.6 Å². The van der Waals surface area contributed by atoms with E-state index in [4.69, 9.17) is 11.6 Å². The monoisotopic (exact) mass is 285 g/mol. The number of halogens is 1. The van der Waals surface area contributed by atoms with Gasteiger partial charge in [-0.05, 0) is 24.3 Å². The van der Waals surface area contributed by atoms with E-state index in [1.54, 1.807) is 6.34 Å². The summed E-state index contributed by atoms with van der Waals surface area (Å²) >= 11 is 5.88. The van der Waals surface area contributed by atoms with Crippen molar-refractivity contribution in [2.24, 2.45) is 9.98 Å². The zero-order chi connectivity index (χ0) is 14.4. The molecule has 0 aliphatic carbocycles. The molecule has 0 spiro atoms. The van der Waals surface area contributed by atoms with Crippen molar-refractivity contribution in [3.63, 3.8) is 0 Å². The third-order valence-corrected chi connectivity index (χ3v) is 2.76. The predicted octanol–water partition coefficient (Wildman–Crippen LogP) is 4.01. The van der Waals surface area contributed by atoms with E-state index < -0.39 is 0 Å². The molecule has 20 heavy (non-hydrogen) atoms. The summed E-state index contributed by atoms with van der Waals surface area (Å²) in [6.45, 7) is 0. The second kappa shape index (κ2) is 6.87. The van der Waals surface area contributed by atoms with Gasteiger partial charge in [0.2, 0.25) is 0 Å². The fraction of sp³-hybridized carbons (Fsp3) is 0.125. The Bertz CT molecular complexity index is 601. The van der Waals surface area contributed by atoms with E-state index in [2.05, 4.69) is 9.98 Å². The van der Waals surface area contributed by atoms with Crippen molar-refractivity contribution in [2.45, 2.75) is 0 Å². The van der Waals surface area contributed by atoms with Crippen LogP contribution in [0.3, 0.4) is 0 Å². The lowest BCUT2D eigenvalue weighted by atomic mass is 10.2. The van der Waals surface area contributed by atoms with Gasteiger partial charge < -0.3 is 4.90 Å². The van der Waals surface area contributed by atoms with E-state index in [-0.39, 0.29) is 0 Å². The minimum atomic E-state index is 0.668. The van der Waals surface area contributed by atoms with Gasteiger partial charge in [0.15, 0.2) is 5.84 Å². The Balaban J connectivity index is 2.38. The van der Waals surface area contributed by atoms with Gasteiger partial charge in [-0.15, -0.1) is 0 Å². The molecule has 0 saturated heterocycles. The van der Waals surface area contributed by atoms with Gasteiger partial charge >= 0.3 is 0 Å². The first-order chi connectivity index (χ1) is 9.65. The summed E-state index contributed by atoms with van der Waals surface area (Å²) in [6, 6.07) is 17.3. The number of nitrogens with zero attached hydrogens (tertiary/aromatic N) is 3. The summed E-state index contributed by atoms with van der Waals surface area (Å²) in [7, 11) is 3.85. The molecule has 4 heteroatoms. The Labute approximate surface area is 124 Å². The Morgan fingerprint density at radius 3 is 2.25 bits per heavy atom. The lowest BCUT2D eigenvalue weighted by molar-refractivity contribution is 0.644. The Morgan fingerprint density at radius 2 is 1.65 bits per heavy atom. The van der Waals surface area contributed by atoms with Crippen molar-refractivity contribution < 1.29 is 0 Å². The number of benzene rings is 2. The Kier molecular flexibility index (Phi) is 4.91. The first kappa shape index (κ1) is 14.3. The standard InChI is InChI=1S/C16H16ClN3/c1-20(2)12-18-16(13-6-4-3-5-7-13)19-15-10-8-14(17)9-11-15/h3-12H,1-2H3. The SMILES string of the molecule is CN(C)C=NC(=Nc1ccc(Cl)cc1)c1ccccc1. The quantitative estimate of drug-likeness (QED) is 0.618. The largest absolute Gasteiger partial charge is 0.369 e. The first-order valence-electron chi connectivity index (χ1n) is 6.25. The number of rotatable bonds is 3. The van der Waals surface area contributed by atoms with E-state index in [0.717, 1.165) is 11.3 Å². The maximum Gasteiger partial charge on any atom is 0.161 e. The average molecular weight is 286 g/mol. The molecule has 2 aromatic rings. The zero-order valence-corrected chi connectivity index (χ0v) is 12.2. The van der Waals surface area contributed by atoms with Gasteiger partial charge in [-0.3, -0.25) is 0 Å². The molecular weight excluding hydrogens is 270 g/mol. The third kappa shape index (κ3) is 4.21. The highest BCUT2D eigenvalue weighted by atomic mass is 35.5. The maximum absolute atomic E-state index is 5.88. The smallest absolute Gasteiger partial charge is 0.161 e. The second-order valence-corrected chi connectivity index (χ2v) is 4.92. The molecule has 0 aliphatic heterocycles. The minimum Gasteiger partial charge on any atom is -0.369 e. The summed E-state index contributed by atoms with van der Waals surface area (Å²) in [6.07, 6.45) is 1.74. The summed E-state index contributed by atoms with van der Waals surface area (Å²) in [5.41, 5.74) is 1.80. The van der Waals surface area contributed by atoms with Gasteiger partial charge in [-0.1, -0.05) is 41.9 Å². The lowest BCUT2D eigenvalue weighted by Crippen LogP contribution is -2.10. The van der Waals surface area contributed by atoms with Crippen LogP contribution in [0.2, 0.25) is 5.02 Å². The number of amidine groups is 1. The van der Waals surface area contributed by atoms with E-state index in [9.17, 15) is 0 Å². The van der Waals surface area contributed by atoms with Crippen LogP contribution in [-0.4, -0.2) is 31.2 Å². The molecule has 2 aromatic carbocycles. The van der Waals surface area contributed by atoms with Crippen molar-refractivity contribution in [3.8, 4) is 0 Å². The minimum absolute atomic E-state index is 0.668. The molecule has 0 heterocycles. The van der Waals surface area contributed by atoms with E-state index >= 15 is 0 Å². The molecule has 0 aliphatic rings. The summed E-state index contributed by atoms with van der Waals surface area (Å²) in [5, 5.41) is 0.696. The molecule has 0 unspecified atom stereocenters. The number of hydrogen-bond acceptors (Lipinski definition) is 1. The highest BCUT2D eigenvalue weighted by molar-refractivity contribution is 6.30. The van der Waals surface area contributed by atoms with Gasteiger partial charge in [0.1, 0.15) is 0 Å². The van der Waals surface area contributed by atoms with Gasteiger partial charge in [0, 0.05) is 24.7 Å². The molecule has 102 valence electrons. The summed E-state index contributed by atoms with van der Waals surface area (Å²) < 4.78 is 0. The van der Waals surface area contributed by atoms with Crippen molar-refractivity contribution in [1.82, 2.24) is 4.90 Å². The molecule has 0 amide bonds. The molecule has 0 N–H and O–H groups in total. The van der Waals surface area contributed by atoms with Gasteiger partial charge in [-0.2, -0.15) is 0 Å². The molecule has 2 rings (SSSR count). The van der Waals surface area contributed by atoms with Crippen molar-refractivity contribution in [3.05, 3.63) is 65.2 Å². The number of aliphatic imine (C=N–C) groups is 2. The second-order valence-electron chi connectivity index (χ2n) is 4.49.